The van der Waals surface area contributed by atoms with Crippen LogP contribution in [0.5, 0.6) is 0 Å². The Balaban J connectivity index is 1.60. The van der Waals surface area contributed by atoms with Gasteiger partial charge in [0.15, 0.2) is 0 Å². The second-order valence-electron chi connectivity index (χ2n) is 22.3. The van der Waals surface area contributed by atoms with Crippen LogP contribution in [-0.2, 0) is 58.3 Å². The highest BCUT2D eigenvalue weighted by molar-refractivity contribution is 7.89. The molecule has 2 aliphatic heterocycles. The maximum absolute atomic E-state index is 14.5. The number of fused-ring (bicyclic) bond motifs is 2. The monoisotopic (exact) mass is 1070 g/mol. The van der Waals surface area contributed by atoms with Crippen LogP contribution < -0.4 is 10.6 Å². The number of alkyl carbamates (subject to hydrolysis) is 2. The largest absolute Gasteiger partial charge is 0.444 e. The number of hydrogen-bond donors (Lipinski definition) is 2. The first-order chi connectivity index (χ1) is 34.4. The molecule has 2 aromatic rings. The first kappa shape index (κ1) is 59.6. The second kappa shape index (κ2) is 24.6. The van der Waals surface area contributed by atoms with E-state index in [2.05, 4.69) is 20.9 Å². The van der Waals surface area contributed by atoms with Crippen molar-refractivity contribution in [3.05, 3.63) is 58.7 Å². The Hall–Kier alpha value is -5.32. The molecule has 8 atom stereocenters. The molecule has 74 heavy (non-hydrogen) atoms. The lowest BCUT2D eigenvalue weighted by atomic mass is 9.83. The van der Waals surface area contributed by atoms with E-state index in [9.17, 15) is 36.0 Å². The average Bonchev–Trinajstić information content (AvgIpc) is 3.30. The zero-order chi connectivity index (χ0) is 55.1. The van der Waals surface area contributed by atoms with Gasteiger partial charge in [0, 0.05) is 48.4 Å². The molecule has 2 fully saturated rings. The molecule has 4 unspecified atom stereocenters. The van der Waals surface area contributed by atoms with Gasteiger partial charge in [-0.15, -0.1) is 0 Å². The van der Waals surface area contributed by atoms with Gasteiger partial charge in [-0.1, -0.05) is 90.7 Å². The smallest absolute Gasteiger partial charge is 0.408 e. The molecular weight excluding hydrogens is 997 g/mol. The Labute approximate surface area is 437 Å². The van der Waals surface area contributed by atoms with E-state index in [0.29, 0.717) is 39.0 Å². The maximum Gasteiger partial charge on any atom is 0.408 e. The molecule has 0 saturated carbocycles. The van der Waals surface area contributed by atoms with Crippen LogP contribution in [0.1, 0.15) is 145 Å². The van der Waals surface area contributed by atoms with Crippen molar-refractivity contribution in [2.45, 2.75) is 156 Å². The highest BCUT2D eigenvalue weighted by Gasteiger charge is 2.38. The standard InChI is InChI=1S/C52H78N6O14S2/c1-15-35(7)43(53-49(61)71-51(9,10)11)47(59)67-29-69-55-45-39-19-17-37(73(63,64)57-25-31(3)21-32(4)26-57)23-41(39)46(56-70-30-68-48(60)44(36(8)16-2)54-50(62)72-52(12,13)14)42-24-38(18-20-40(42)45)74(65,66)58-27-33(5)22-34(6)28-58/h17-20,23-24,31-36,43-44H,15-16,21-22,25-30H2,1-14H3,(H,53,61)(H,54,62)/t31-,32+,33-,34+,35?,36?,43?,44?. The number of esters is 2. The number of amides is 2. The highest BCUT2D eigenvalue weighted by Crippen LogP contribution is 2.36. The summed E-state index contributed by atoms with van der Waals surface area (Å²) in [5, 5.41) is 14.0. The third-order valence-corrected chi connectivity index (χ3v) is 16.7. The van der Waals surface area contributed by atoms with Crippen LogP contribution in [0.3, 0.4) is 0 Å². The molecule has 1 aliphatic carbocycles. The van der Waals surface area contributed by atoms with E-state index in [1.807, 2.05) is 41.5 Å². The number of carbonyl (C=O) groups excluding carboxylic acids is 4. The Morgan fingerprint density at radius 3 is 1.22 bits per heavy atom. The first-order valence-corrected chi connectivity index (χ1v) is 28.4. The van der Waals surface area contributed by atoms with Crippen LogP contribution in [-0.4, -0.2) is 124 Å². The molecule has 2 amide bonds. The molecule has 2 saturated heterocycles. The van der Waals surface area contributed by atoms with Crippen molar-refractivity contribution in [3.8, 4) is 0 Å². The van der Waals surface area contributed by atoms with Crippen molar-refractivity contribution in [1.82, 2.24) is 19.2 Å². The van der Waals surface area contributed by atoms with Crippen molar-refractivity contribution in [2.24, 2.45) is 45.8 Å². The maximum atomic E-state index is 14.5. The zero-order valence-electron chi connectivity index (χ0n) is 45.5. The average molecular weight is 1080 g/mol. The first-order valence-electron chi connectivity index (χ1n) is 25.5. The fraction of sp³-hybridized carbons (Fsp3) is 0.654. The van der Waals surface area contributed by atoms with Gasteiger partial charge in [-0.05, 0) is 114 Å². The van der Waals surface area contributed by atoms with E-state index in [0.717, 1.165) is 12.8 Å². The quantitative estimate of drug-likeness (QED) is 0.0407. The molecule has 0 bridgehead atoms. The van der Waals surface area contributed by atoms with E-state index in [1.165, 1.54) is 45.0 Å². The number of nitrogens with one attached hydrogen (secondary N) is 2. The van der Waals surface area contributed by atoms with Crippen LogP contribution in [0.4, 0.5) is 9.59 Å². The molecule has 0 spiro atoms. The topological polar surface area (TPSA) is 247 Å². The minimum atomic E-state index is -4.13. The van der Waals surface area contributed by atoms with Crippen LogP contribution in [0.2, 0.25) is 0 Å². The van der Waals surface area contributed by atoms with Crippen LogP contribution >= 0.6 is 0 Å². The van der Waals surface area contributed by atoms with E-state index >= 15 is 0 Å². The van der Waals surface area contributed by atoms with Gasteiger partial charge in [-0.3, -0.25) is 0 Å². The molecular formula is C52H78N6O14S2. The van der Waals surface area contributed by atoms with Crippen molar-refractivity contribution >= 4 is 55.6 Å². The van der Waals surface area contributed by atoms with E-state index in [1.54, 1.807) is 55.4 Å². The van der Waals surface area contributed by atoms with E-state index < -0.39 is 81.0 Å². The molecule has 2 aromatic carbocycles. The number of nitrogens with zero attached hydrogens (tertiary/aromatic N) is 4. The Kier molecular flexibility index (Phi) is 19.8. The van der Waals surface area contributed by atoms with Gasteiger partial charge >= 0.3 is 24.1 Å². The van der Waals surface area contributed by atoms with E-state index in [4.69, 9.17) is 28.6 Å². The van der Waals surface area contributed by atoms with Crippen molar-refractivity contribution < 1.29 is 64.6 Å². The van der Waals surface area contributed by atoms with Crippen molar-refractivity contribution in [2.75, 3.05) is 39.8 Å². The van der Waals surface area contributed by atoms with Gasteiger partial charge in [0.05, 0.1) is 9.79 Å². The van der Waals surface area contributed by atoms with Gasteiger partial charge < -0.3 is 39.3 Å². The molecule has 0 aromatic heterocycles. The lowest BCUT2D eigenvalue weighted by Crippen LogP contribution is -2.47. The molecule has 22 heteroatoms. The molecule has 412 valence electrons. The van der Waals surface area contributed by atoms with Crippen molar-refractivity contribution in [3.63, 3.8) is 0 Å². The number of sulfonamides is 2. The normalized spacial score (nSPS) is 21.3. The molecule has 0 radical (unpaired) electrons. The van der Waals surface area contributed by atoms with Crippen LogP contribution in [0.15, 0.2) is 56.5 Å². The lowest BCUT2D eigenvalue weighted by molar-refractivity contribution is -0.161. The molecule has 2 heterocycles. The number of benzene rings is 2. The van der Waals surface area contributed by atoms with Gasteiger partial charge in [0.2, 0.25) is 20.0 Å². The number of piperidine rings is 2. The van der Waals surface area contributed by atoms with Gasteiger partial charge in [0.25, 0.3) is 13.6 Å². The number of carbonyl (C=O) groups is 4. The van der Waals surface area contributed by atoms with E-state index in [-0.39, 0.29) is 79.0 Å². The predicted octanol–water partition coefficient (Wildman–Crippen LogP) is 7.75. The number of hydrogen-bond acceptors (Lipinski definition) is 16. The summed E-state index contributed by atoms with van der Waals surface area (Å²) < 4.78 is 82.7. The summed E-state index contributed by atoms with van der Waals surface area (Å²) in [7, 11) is -8.26. The molecule has 2 N–H and O–H groups in total. The Bertz CT molecular complexity index is 2510. The molecule has 20 nitrogen and oxygen atoms in total. The molecule has 5 rings (SSSR count). The fourth-order valence-corrected chi connectivity index (χ4v) is 12.7. The summed E-state index contributed by atoms with van der Waals surface area (Å²) in [6.07, 6.45) is 1.09. The van der Waals surface area contributed by atoms with Crippen LogP contribution in [0, 0.1) is 35.5 Å². The predicted molar refractivity (Wildman–Crippen MR) is 277 cm³/mol. The Morgan fingerprint density at radius 2 is 0.905 bits per heavy atom. The number of ether oxygens (including phenoxy) is 4. The third kappa shape index (κ3) is 15.4. The van der Waals surface area contributed by atoms with Gasteiger partial charge in [0.1, 0.15) is 34.7 Å². The lowest BCUT2D eigenvalue weighted by Gasteiger charge is -2.34. The van der Waals surface area contributed by atoms with Crippen molar-refractivity contribution in [1.29, 1.82) is 0 Å². The zero-order valence-corrected chi connectivity index (χ0v) is 47.1. The van der Waals surface area contributed by atoms with Crippen LogP contribution in [0.25, 0.3) is 0 Å². The summed E-state index contributed by atoms with van der Waals surface area (Å²) in [4.78, 5) is 63.7. The minimum Gasteiger partial charge on any atom is -0.444 e. The number of oxime groups is 2. The summed E-state index contributed by atoms with van der Waals surface area (Å²) in [5.41, 5.74) is -0.762. The second-order valence-corrected chi connectivity index (χ2v) is 26.1. The molecule has 3 aliphatic rings. The minimum absolute atomic E-state index is 0.0266. The summed E-state index contributed by atoms with van der Waals surface area (Å²) in [5.74, 6) is -2.02. The van der Waals surface area contributed by atoms with Gasteiger partial charge in [-0.2, -0.15) is 8.61 Å². The number of rotatable bonds is 18. The summed E-state index contributed by atoms with van der Waals surface area (Å²) >= 11 is 0. The van der Waals surface area contributed by atoms with Gasteiger partial charge in [-0.25, -0.2) is 36.0 Å². The fourth-order valence-electron chi connectivity index (χ4n) is 9.30. The summed E-state index contributed by atoms with van der Waals surface area (Å²) in [6.45, 7) is 25.0. The third-order valence-electron chi connectivity index (χ3n) is 13.0. The highest BCUT2D eigenvalue weighted by atomic mass is 32.2. The Morgan fingerprint density at radius 1 is 0.581 bits per heavy atom. The summed E-state index contributed by atoms with van der Waals surface area (Å²) in [6, 6.07) is 6.50. The SMILES string of the molecule is CCC(C)C(NC(=O)OC(C)(C)C)C(=O)OCON=C1c2ccc(S(=O)(=O)N3C[C@H](C)C[C@H](C)C3)cc2C(=NOCOC(=O)C(NC(=O)OC(C)(C)C)C(C)CC)c2cc(S(=O)(=O)N3C[C@H](C)C[C@H](C)C3)ccc21.